The zero-order valence-electron chi connectivity index (χ0n) is 14.0. The van der Waals surface area contributed by atoms with Crippen LogP contribution in [0.3, 0.4) is 0 Å². The molecule has 0 radical (unpaired) electrons. The largest absolute Gasteiger partial charge is 0.481 e. The maximum atomic E-state index is 10.9. The first kappa shape index (κ1) is 16.3. The fraction of sp³-hybridized carbons (Fsp3) is 0.286. The minimum Gasteiger partial charge on any atom is -0.481 e. The second-order valence-corrected chi connectivity index (χ2v) is 7.68. The maximum Gasteiger partial charge on any atom is 0.303 e. The molecule has 0 unspecified atom stereocenters. The van der Waals surface area contributed by atoms with Gasteiger partial charge >= 0.3 is 5.97 Å². The van der Waals surface area contributed by atoms with Crippen molar-refractivity contribution in [1.29, 1.82) is 0 Å². The van der Waals surface area contributed by atoms with Gasteiger partial charge in [0.15, 0.2) is 0 Å². The van der Waals surface area contributed by atoms with Crippen LogP contribution in [0.1, 0.15) is 45.7 Å². The van der Waals surface area contributed by atoms with Crippen LogP contribution in [0.15, 0.2) is 35.9 Å². The number of thiophene rings is 1. The molecule has 2 aromatic rings. The quantitative estimate of drug-likeness (QED) is 0.734. The van der Waals surface area contributed by atoms with E-state index in [-0.39, 0.29) is 6.42 Å². The standard InChI is InChI=1S/C21H21NO2S/c23-19(24)8-7-17-13-16-6-5-14-3-1-2-4-18(14)20(21(16)25-17)15-9-11-22-12-10-15/h1-6,13,22H,7-12H2,(H,23,24). The Morgan fingerprint density at radius 3 is 2.68 bits per heavy atom. The third kappa shape index (κ3) is 3.32. The summed E-state index contributed by atoms with van der Waals surface area (Å²) in [5.74, 6) is -0.735. The van der Waals surface area contributed by atoms with E-state index in [2.05, 4.69) is 47.8 Å². The minimum absolute atomic E-state index is 0.190. The molecule has 2 heterocycles. The number of piperidine rings is 1. The average molecular weight is 351 g/mol. The van der Waals surface area contributed by atoms with Crippen molar-refractivity contribution in [2.45, 2.75) is 25.7 Å². The van der Waals surface area contributed by atoms with Crippen LogP contribution in [0.2, 0.25) is 0 Å². The van der Waals surface area contributed by atoms with Gasteiger partial charge in [-0.15, -0.1) is 11.3 Å². The topological polar surface area (TPSA) is 49.3 Å². The molecule has 0 amide bonds. The van der Waals surface area contributed by atoms with Crippen LogP contribution in [0.5, 0.6) is 0 Å². The zero-order valence-corrected chi connectivity index (χ0v) is 14.9. The molecule has 1 fully saturated rings. The number of hydrogen-bond acceptors (Lipinski definition) is 3. The SMILES string of the molecule is O=C(O)CCc1cc2c(s1)C(=C1CCNCC1)c1ccccc1C=C2. The van der Waals surface area contributed by atoms with Gasteiger partial charge in [0.2, 0.25) is 0 Å². The van der Waals surface area contributed by atoms with Crippen molar-refractivity contribution in [2.24, 2.45) is 0 Å². The molecule has 0 spiro atoms. The number of aliphatic carboxylic acids is 1. The Hall–Kier alpha value is -2.17. The number of carboxylic acids is 1. The van der Waals surface area contributed by atoms with Crippen LogP contribution in [-0.2, 0) is 11.2 Å². The number of carboxylic acid groups (broad SMARTS) is 1. The summed E-state index contributed by atoms with van der Waals surface area (Å²) in [4.78, 5) is 13.4. The van der Waals surface area contributed by atoms with Crippen molar-refractivity contribution in [3.05, 3.63) is 62.3 Å². The molecule has 4 rings (SSSR count). The second-order valence-electron chi connectivity index (χ2n) is 6.54. The molecule has 1 aliphatic heterocycles. The Kier molecular flexibility index (Phi) is 4.55. The molecule has 1 saturated heterocycles. The number of carbonyl (C=O) groups is 1. The first-order valence-corrected chi connectivity index (χ1v) is 9.59. The van der Waals surface area contributed by atoms with Crippen LogP contribution < -0.4 is 5.32 Å². The smallest absolute Gasteiger partial charge is 0.303 e. The highest BCUT2D eigenvalue weighted by Crippen LogP contribution is 2.42. The first-order valence-electron chi connectivity index (χ1n) is 8.77. The lowest BCUT2D eigenvalue weighted by molar-refractivity contribution is -0.136. The summed E-state index contributed by atoms with van der Waals surface area (Å²) >= 11 is 1.76. The molecule has 1 aromatic carbocycles. The van der Waals surface area contributed by atoms with Gasteiger partial charge in [0.25, 0.3) is 0 Å². The van der Waals surface area contributed by atoms with Gasteiger partial charge in [0, 0.05) is 9.75 Å². The lowest BCUT2D eigenvalue weighted by Gasteiger charge is -2.21. The number of aryl methyl sites for hydroxylation is 1. The summed E-state index contributed by atoms with van der Waals surface area (Å²) in [5.41, 5.74) is 6.69. The molecule has 0 atom stereocenters. The molecular formula is C21H21NO2S. The third-order valence-electron chi connectivity index (χ3n) is 4.86. The molecule has 2 aliphatic rings. The molecular weight excluding hydrogens is 330 g/mol. The third-order valence-corrected chi connectivity index (χ3v) is 6.09. The van der Waals surface area contributed by atoms with Gasteiger partial charge in [-0.2, -0.15) is 0 Å². The van der Waals surface area contributed by atoms with Crippen LogP contribution >= 0.6 is 11.3 Å². The summed E-state index contributed by atoms with van der Waals surface area (Å²) < 4.78 is 0. The van der Waals surface area contributed by atoms with E-state index < -0.39 is 5.97 Å². The van der Waals surface area contributed by atoms with Crippen LogP contribution in [0.4, 0.5) is 0 Å². The number of fused-ring (bicyclic) bond motifs is 2. The lowest BCUT2D eigenvalue weighted by atomic mass is 9.90. The predicted octanol–water partition coefficient (Wildman–Crippen LogP) is 4.43. The van der Waals surface area contributed by atoms with Crippen molar-refractivity contribution in [2.75, 3.05) is 13.1 Å². The second kappa shape index (κ2) is 6.98. The number of rotatable bonds is 3. The van der Waals surface area contributed by atoms with E-state index >= 15 is 0 Å². The highest BCUT2D eigenvalue weighted by Gasteiger charge is 2.22. The Morgan fingerprint density at radius 2 is 1.88 bits per heavy atom. The highest BCUT2D eigenvalue weighted by atomic mass is 32.1. The van der Waals surface area contributed by atoms with Gasteiger partial charge < -0.3 is 10.4 Å². The van der Waals surface area contributed by atoms with E-state index in [1.54, 1.807) is 11.3 Å². The van der Waals surface area contributed by atoms with E-state index in [1.807, 2.05) is 0 Å². The average Bonchev–Trinajstić information content (AvgIpc) is 2.96. The fourth-order valence-corrected chi connectivity index (χ4v) is 4.89. The van der Waals surface area contributed by atoms with Crippen molar-refractivity contribution in [3.8, 4) is 0 Å². The molecule has 0 bridgehead atoms. The van der Waals surface area contributed by atoms with Crippen molar-refractivity contribution in [1.82, 2.24) is 5.32 Å². The van der Waals surface area contributed by atoms with Crippen molar-refractivity contribution in [3.63, 3.8) is 0 Å². The Bertz CT molecular complexity index is 868. The minimum atomic E-state index is -0.735. The van der Waals surface area contributed by atoms with Crippen LogP contribution in [0, 0.1) is 0 Å². The molecule has 0 saturated carbocycles. The Balaban J connectivity index is 1.84. The van der Waals surface area contributed by atoms with Gasteiger partial charge in [-0.25, -0.2) is 0 Å². The molecule has 25 heavy (non-hydrogen) atoms. The maximum absolute atomic E-state index is 10.9. The molecule has 1 aromatic heterocycles. The van der Waals surface area contributed by atoms with E-state index in [9.17, 15) is 4.79 Å². The summed E-state index contributed by atoms with van der Waals surface area (Å²) in [6, 6.07) is 10.8. The van der Waals surface area contributed by atoms with E-state index in [1.165, 1.54) is 32.7 Å². The molecule has 1 aliphatic carbocycles. The summed E-state index contributed by atoms with van der Waals surface area (Å²) in [5, 5.41) is 12.4. The number of nitrogens with one attached hydrogen (secondary N) is 1. The van der Waals surface area contributed by atoms with E-state index in [0.717, 1.165) is 30.8 Å². The molecule has 2 N–H and O–H groups in total. The van der Waals surface area contributed by atoms with Gasteiger partial charge in [-0.1, -0.05) is 42.0 Å². The van der Waals surface area contributed by atoms with E-state index in [4.69, 9.17) is 5.11 Å². The Morgan fingerprint density at radius 1 is 1.12 bits per heavy atom. The lowest BCUT2D eigenvalue weighted by Crippen LogP contribution is -2.23. The molecule has 3 nitrogen and oxygen atoms in total. The van der Waals surface area contributed by atoms with Gasteiger partial charge in [0.1, 0.15) is 0 Å². The monoisotopic (exact) mass is 351 g/mol. The molecule has 128 valence electrons. The van der Waals surface area contributed by atoms with Crippen molar-refractivity contribution >= 4 is 35.0 Å². The summed E-state index contributed by atoms with van der Waals surface area (Å²) in [6.07, 6.45) is 7.32. The summed E-state index contributed by atoms with van der Waals surface area (Å²) in [7, 11) is 0. The fourth-order valence-electron chi connectivity index (χ4n) is 3.63. The first-order chi connectivity index (χ1) is 12.2. The number of hydrogen-bond donors (Lipinski definition) is 2. The summed E-state index contributed by atoms with van der Waals surface area (Å²) in [6.45, 7) is 2.06. The zero-order chi connectivity index (χ0) is 17.2. The normalized spacial score (nSPS) is 16.3. The predicted molar refractivity (Wildman–Crippen MR) is 104 cm³/mol. The number of benzene rings is 1. The van der Waals surface area contributed by atoms with E-state index in [0.29, 0.717) is 6.42 Å². The highest BCUT2D eigenvalue weighted by molar-refractivity contribution is 7.13. The van der Waals surface area contributed by atoms with Gasteiger partial charge in [0.05, 0.1) is 6.42 Å². The van der Waals surface area contributed by atoms with Crippen molar-refractivity contribution < 1.29 is 9.90 Å². The Labute approximate surface area is 151 Å². The van der Waals surface area contributed by atoms with Gasteiger partial charge in [-0.3, -0.25) is 4.79 Å². The molecule has 4 heteroatoms. The van der Waals surface area contributed by atoms with Crippen LogP contribution in [-0.4, -0.2) is 24.2 Å². The van der Waals surface area contributed by atoms with Gasteiger partial charge in [-0.05, 0) is 60.7 Å². The van der Waals surface area contributed by atoms with Crippen LogP contribution in [0.25, 0.3) is 17.7 Å².